The molecule has 0 spiro atoms. The number of halogens is 2. The van der Waals surface area contributed by atoms with Gasteiger partial charge in [0, 0.05) is 11.4 Å². The van der Waals surface area contributed by atoms with Crippen LogP contribution >= 0.6 is 23.2 Å². The fourth-order valence-electron chi connectivity index (χ4n) is 2.28. The number of amides is 1. The molecule has 8 heteroatoms. The molecule has 0 atom stereocenters. The summed E-state index contributed by atoms with van der Waals surface area (Å²) in [5.41, 5.74) is 2.43. The molecule has 134 valence electrons. The Morgan fingerprint density at radius 1 is 1.11 bits per heavy atom. The van der Waals surface area contributed by atoms with E-state index < -0.39 is 5.91 Å². The van der Waals surface area contributed by atoms with Gasteiger partial charge in [-0.05, 0) is 49.4 Å². The van der Waals surface area contributed by atoms with E-state index in [1.165, 1.54) is 0 Å². The number of anilines is 3. The number of carbonyl (C=O) groups excluding carboxylic acids is 1. The minimum absolute atomic E-state index is 0.176. The zero-order valence-corrected chi connectivity index (χ0v) is 15.6. The number of benzene rings is 2. The highest BCUT2D eigenvalue weighted by Gasteiger charge is 2.14. The monoisotopic (exact) mass is 397 g/mol. The molecule has 2 aromatic carbocycles. The third-order valence-electron chi connectivity index (χ3n) is 3.56. The first kappa shape index (κ1) is 18.6. The summed E-state index contributed by atoms with van der Waals surface area (Å²) in [4.78, 5) is 21.1. The Bertz CT molecular complexity index is 1040. The van der Waals surface area contributed by atoms with E-state index >= 15 is 0 Å². The van der Waals surface area contributed by atoms with Crippen LogP contribution in [0.3, 0.4) is 0 Å². The van der Waals surface area contributed by atoms with Crippen LogP contribution in [0.15, 0.2) is 48.5 Å². The summed E-state index contributed by atoms with van der Waals surface area (Å²) < 4.78 is 0. The van der Waals surface area contributed by atoms with Gasteiger partial charge in [-0.25, -0.2) is 9.97 Å². The number of hydrogen-bond donors (Lipinski definition) is 2. The van der Waals surface area contributed by atoms with Crippen LogP contribution in [-0.4, -0.2) is 15.9 Å². The van der Waals surface area contributed by atoms with Gasteiger partial charge in [-0.1, -0.05) is 29.3 Å². The fraction of sp³-hybridized carbons (Fsp3) is 0.0526. The summed E-state index contributed by atoms with van der Waals surface area (Å²) in [5, 5.41) is 15.2. The molecule has 2 N–H and O–H groups in total. The van der Waals surface area contributed by atoms with Gasteiger partial charge in [0.15, 0.2) is 0 Å². The van der Waals surface area contributed by atoms with Gasteiger partial charge < -0.3 is 10.6 Å². The number of aromatic nitrogens is 2. The van der Waals surface area contributed by atoms with Crippen LogP contribution in [0, 0.1) is 18.3 Å². The van der Waals surface area contributed by atoms with E-state index in [0.29, 0.717) is 27.7 Å². The molecule has 3 rings (SSSR count). The highest BCUT2D eigenvalue weighted by atomic mass is 35.5. The summed E-state index contributed by atoms with van der Waals surface area (Å²) in [7, 11) is 0. The third-order valence-corrected chi connectivity index (χ3v) is 4.38. The van der Waals surface area contributed by atoms with Crippen molar-refractivity contribution >= 4 is 46.4 Å². The highest BCUT2D eigenvalue weighted by Crippen LogP contribution is 2.29. The van der Waals surface area contributed by atoms with Crippen molar-refractivity contribution in [2.45, 2.75) is 6.92 Å². The summed E-state index contributed by atoms with van der Waals surface area (Å²) in [6.45, 7) is 1.76. The molecule has 6 nitrogen and oxygen atoms in total. The second-order valence-electron chi connectivity index (χ2n) is 5.59. The summed E-state index contributed by atoms with van der Waals surface area (Å²) in [6.07, 6.45) is 0. The molecule has 0 aliphatic rings. The number of hydrogen-bond acceptors (Lipinski definition) is 5. The first-order valence-electron chi connectivity index (χ1n) is 7.84. The molecule has 0 aliphatic carbocycles. The van der Waals surface area contributed by atoms with Crippen LogP contribution in [0.5, 0.6) is 0 Å². The van der Waals surface area contributed by atoms with Crippen molar-refractivity contribution in [3.63, 3.8) is 0 Å². The van der Waals surface area contributed by atoms with E-state index in [0.717, 1.165) is 0 Å². The SMILES string of the molecule is Cc1cc(C(=O)Nc2cccc(Cl)c2Cl)nc(Nc2ccc(C#N)cc2)n1. The Balaban J connectivity index is 1.82. The minimum atomic E-state index is -0.437. The lowest BCUT2D eigenvalue weighted by Crippen LogP contribution is -2.15. The fourth-order valence-corrected chi connectivity index (χ4v) is 2.63. The zero-order valence-electron chi connectivity index (χ0n) is 14.1. The van der Waals surface area contributed by atoms with Crippen LogP contribution in [0.1, 0.15) is 21.7 Å². The largest absolute Gasteiger partial charge is 0.324 e. The maximum Gasteiger partial charge on any atom is 0.274 e. The Morgan fingerprint density at radius 2 is 1.85 bits per heavy atom. The lowest BCUT2D eigenvalue weighted by Gasteiger charge is -2.10. The van der Waals surface area contributed by atoms with Crippen LogP contribution in [0.4, 0.5) is 17.3 Å². The van der Waals surface area contributed by atoms with Crippen molar-refractivity contribution < 1.29 is 4.79 Å². The number of rotatable bonds is 4. The molecule has 0 radical (unpaired) electrons. The van der Waals surface area contributed by atoms with Crippen molar-refractivity contribution in [2.24, 2.45) is 0 Å². The molecule has 0 fully saturated rings. The predicted octanol–water partition coefficient (Wildman–Crippen LogP) is 4.96. The van der Waals surface area contributed by atoms with Crippen molar-refractivity contribution in [3.8, 4) is 6.07 Å². The van der Waals surface area contributed by atoms with Gasteiger partial charge in [0.25, 0.3) is 5.91 Å². The second-order valence-corrected chi connectivity index (χ2v) is 6.37. The van der Waals surface area contributed by atoms with Crippen LogP contribution in [0.2, 0.25) is 10.0 Å². The Hall–Kier alpha value is -3.14. The quantitative estimate of drug-likeness (QED) is 0.648. The molecule has 0 unspecified atom stereocenters. The van der Waals surface area contributed by atoms with Gasteiger partial charge >= 0.3 is 0 Å². The molecule has 0 bridgehead atoms. The molecular weight excluding hydrogens is 385 g/mol. The molecule has 0 aliphatic heterocycles. The number of nitrogens with zero attached hydrogens (tertiary/aromatic N) is 3. The Labute approximate surface area is 165 Å². The zero-order chi connectivity index (χ0) is 19.4. The van der Waals surface area contributed by atoms with Crippen molar-refractivity contribution in [2.75, 3.05) is 10.6 Å². The molecule has 0 saturated heterocycles. The van der Waals surface area contributed by atoms with Crippen LogP contribution < -0.4 is 10.6 Å². The van der Waals surface area contributed by atoms with Gasteiger partial charge in [0.2, 0.25) is 5.95 Å². The molecule has 27 heavy (non-hydrogen) atoms. The normalized spacial score (nSPS) is 10.1. The van der Waals surface area contributed by atoms with Gasteiger partial charge in [-0.3, -0.25) is 4.79 Å². The van der Waals surface area contributed by atoms with Crippen molar-refractivity contribution in [1.29, 1.82) is 5.26 Å². The molecule has 1 heterocycles. The van der Waals surface area contributed by atoms with E-state index in [9.17, 15) is 4.79 Å². The molecular formula is C19H13Cl2N5O. The first-order valence-corrected chi connectivity index (χ1v) is 8.60. The average Bonchev–Trinajstić information content (AvgIpc) is 2.65. The van der Waals surface area contributed by atoms with Crippen LogP contribution in [0.25, 0.3) is 0 Å². The van der Waals surface area contributed by atoms with Gasteiger partial charge in [-0.2, -0.15) is 5.26 Å². The van der Waals surface area contributed by atoms with E-state index in [-0.39, 0.29) is 16.7 Å². The van der Waals surface area contributed by atoms with Gasteiger partial charge in [0.1, 0.15) is 5.69 Å². The third kappa shape index (κ3) is 4.53. The summed E-state index contributed by atoms with van der Waals surface area (Å²) in [6, 6.07) is 15.4. The predicted molar refractivity (Wildman–Crippen MR) is 106 cm³/mol. The number of carbonyl (C=O) groups is 1. The van der Waals surface area contributed by atoms with Crippen molar-refractivity contribution in [3.05, 3.63) is 75.5 Å². The molecule has 1 amide bonds. The minimum Gasteiger partial charge on any atom is -0.324 e. The molecule has 1 aromatic heterocycles. The number of nitrogens with one attached hydrogen (secondary N) is 2. The Kier molecular flexibility index (Phi) is 5.55. The smallest absolute Gasteiger partial charge is 0.274 e. The topological polar surface area (TPSA) is 90.7 Å². The van der Waals surface area contributed by atoms with E-state index in [1.54, 1.807) is 55.5 Å². The van der Waals surface area contributed by atoms with E-state index in [1.807, 2.05) is 0 Å². The standard InChI is InChI=1S/C19H13Cl2N5O/c1-11-9-16(18(27)25-15-4-2-3-14(20)17(15)21)26-19(23-11)24-13-7-5-12(10-22)6-8-13/h2-9H,1H3,(H,25,27)(H,23,24,26). The lowest BCUT2D eigenvalue weighted by atomic mass is 10.2. The van der Waals surface area contributed by atoms with E-state index in [4.69, 9.17) is 28.5 Å². The van der Waals surface area contributed by atoms with E-state index in [2.05, 4.69) is 26.7 Å². The molecule has 3 aromatic rings. The second kappa shape index (κ2) is 8.04. The van der Waals surface area contributed by atoms with Gasteiger partial charge in [-0.15, -0.1) is 0 Å². The Morgan fingerprint density at radius 3 is 2.56 bits per heavy atom. The maximum atomic E-state index is 12.6. The van der Waals surface area contributed by atoms with Crippen LogP contribution in [-0.2, 0) is 0 Å². The average molecular weight is 398 g/mol. The highest BCUT2D eigenvalue weighted by molar-refractivity contribution is 6.44. The summed E-state index contributed by atoms with van der Waals surface area (Å²) >= 11 is 12.1. The number of aryl methyl sites for hydroxylation is 1. The molecule has 0 saturated carbocycles. The van der Waals surface area contributed by atoms with Crippen molar-refractivity contribution in [1.82, 2.24) is 9.97 Å². The maximum absolute atomic E-state index is 12.6. The summed E-state index contributed by atoms with van der Waals surface area (Å²) in [5.74, 6) is -0.172. The number of nitriles is 1. The first-order chi connectivity index (χ1) is 13.0. The lowest BCUT2D eigenvalue weighted by molar-refractivity contribution is 0.102. The van der Waals surface area contributed by atoms with Gasteiger partial charge in [0.05, 0.1) is 27.4 Å².